The molecule has 4 heteroatoms. The van der Waals surface area contributed by atoms with Gasteiger partial charge in [-0.3, -0.25) is 9.59 Å². The number of aryl methyl sites for hydroxylation is 1. The number of amides is 2. The Morgan fingerprint density at radius 2 is 1.81 bits per heavy atom. The van der Waals surface area contributed by atoms with Crippen molar-refractivity contribution in [2.45, 2.75) is 32.6 Å². The van der Waals surface area contributed by atoms with Crippen molar-refractivity contribution in [3.8, 4) is 0 Å². The molecule has 1 atom stereocenters. The lowest BCUT2D eigenvalue weighted by molar-refractivity contribution is -0.135. The number of piperidine rings is 1. The third kappa shape index (κ3) is 3.43. The summed E-state index contributed by atoms with van der Waals surface area (Å²) < 4.78 is 0. The summed E-state index contributed by atoms with van der Waals surface area (Å²) in [6.45, 7) is 3.41. The molecule has 2 amide bonds. The molecule has 1 aromatic carbocycles. The van der Waals surface area contributed by atoms with Crippen molar-refractivity contribution < 1.29 is 9.59 Å². The maximum Gasteiger partial charge on any atom is 0.229 e. The molecule has 1 aliphatic heterocycles. The van der Waals surface area contributed by atoms with Gasteiger partial charge in [0.1, 0.15) is 0 Å². The second-order valence-electron chi connectivity index (χ2n) is 6.25. The minimum atomic E-state index is -0.0808. The van der Waals surface area contributed by atoms with Gasteiger partial charge in [-0.25, -0.2) is 0 Å². The van der Waals surface area contributed by atoms with Crippen LogP contribution in [0.25, 0.3) is 0 Å². The first kappa shape index (κ1) is 14.1. The molecule has 3 rings (SSSR count). The Balaban J connectivity index is 1.58. The van der Waals surface area contributed by atoms with Gasteiger partial charge < -0.3 is 10.2 Å². The third-order valence-electron chi connectivity index (χ3n) is 4.35. The van der Waals surface area contributed by atoms with E-state index >= 15 is 0 Å². The van der Waals surface area contributed by atoms with Crippen LogP contribution in [0.4, 0.5) is 5.69 Å². The lowest BCUT2D eigenvalue weighted by Gasteiger charge is -2.32. The maximum atomic E-state index is 12.4. The number of carbonyl (C=O) groups is 2. The van der Waals surface area contributed by atoms with Crippen molar-refractivity contribution >= 4 is 17.5 Å². The highest BCUT2D eigenvalue weighted by Gasteiger charge is 2.36. The standard InChI is InChI=1S/C17H22N2O2/c1-12-4-8-15(9-5-12)18-16(20)14-3-2-10-19(11-14)17(21)13-6-7-13/h4-5,8-9,13-14H,2-3,6-7,10-11H2,1H3,(H,18,20)/t14-/m0/s1. The molecule has 21 heavy (non-hydrogen) atoms. The molecule has 0 bridgehead atoms. The highest BCUT2D eigenvalue weighted by Crippen LogP contribution is 2.32. The maximum absolute atomic E-state index is 12.4. The van der Waals surface area contributed by atoms with Gasteiger partial charge in [0, 0.05) is 24.7 Å². The first-order chi connectivity index (χ1) is 10.1. The normalized spacial score (nSPS) is 22.0. The van der Waals surface area contributed by atoms with Gasteiger partial charge in [0.05, 0.1) is 5.92 Å². The van der Waals surface area contributed by atoms with E-state index in [1.54, 1.807) is 0 Å². The molecule has 1 N–H and O–H groups in total. The molecule has 0 radical (unpaired) electrons. The van der Waals surface area contributed by atoms with Crippen LogP contribution in [0.3, 0.4) is 0 Å². The third-order valence-corrected chi connectivity index (χ3v) is 4.35. The Bertz CT molecular complexity index is 534. The summed E-state index contributed by atoms with van der Waals surface area (Å²) in [6.07, 6.45) is 3.84. The minimum absolute atomic E-state index is 0.0344. The summed E-state index contributed by atoms with van der Waals surface area (Å²) in [5.74, 6) is 0.446. The predicted octanol–water partition coefficient (Wildman–Crippen LogP) is 2.58. The molecule has 0 unspecified atom stereocenters. The monoisotopic (exact) mass is 286 g/mol. The number of anilines is 1. The van der Waals surface area contributed by atoms with Gasteiger partial charge in [-0.05, 0) is 44.7 Å². The smallest absolute Gasteiger partial charge is 0.229 e. The number of rotatable bonds is 3. The summed E-state index contributed by atoms with van der Waals surface area (Å²) in [5, 5.41) is 2.97. The summed E-state index contributed by atoms with van der Waals surface area (Å²) in [5.41, 5.74) is 2.00. The van der Waals surface area contributed by atoms with Gasteiger partial charge in [0.15, 0.2) is 0 Å². The van der Waals surface area contributed by atoms with E-state index in [2.05, 4.69) is 5.32 Å². The van der Waals surface area contributed by atoms with Crippen LogP contribution < -0.4 is 5.32 Å². The van der Waals surface area contributed by atoms with Gasteiger partial charge >= 0.3 is 0 Å². The van der Waals surface area contributed by atoms with Crippen molar-refractivity contribution in [1.29, 1.82) is 0 Å². The van der Waals surface area contributed by atoms with Crippen LogP contribution in [-0.4, -0.2) is 29.8 Å². The fraction of sp³-hybridized carbons (Fsp3) is 0.529. The molecule has 2 fully saturated rings. The van der Waals surface area contributed by atoms with Crippen molar-refractivity contribution in [3.05, 3.63) is 29.8 Å². The molecule has 1 saturated carbocycles. The Morgan fingerprint density at radius 1 is 1.10 bits per heavy atom. The minimum Gasteiger partial charge on any atom is -0.342 e. The average molecular weight is 286 g/mol. The molecule has 1 heterocycles. The van der Waals surface area contributed by atoms with Crippen LogP contribution in [0.2, 0.25) is 0 Å². The number of nitrogens with zero attached hydrogens (tertiary/aromatic N) is 1. The fourth-order valence-electron chi connectivity index (χ4n) is 2.86. The first-order valence-corrected chi connectivity index (χ1v) is 7.80. The van der Waals surface area contributed by atoms with Crippen LogP contribution in [-0.2, 0) is 9.59 Å². The van der Waals surface area contributed by atoms with E-state index in [4.69, 9.17) is 0 Å². The van der Waals surface area contributed by atoms with Gasteiger partial charge in [0.2, 0.25) is 11.8 Å². The lowest BCUT2D eigenvalue weighted by atomic mass is 9.96. The van der Waals surface area contributed by atoms with Crippen LogP contribution in [0, 0.1) is 18.8 Å². The van der Waals surface area contributed by atoms with Crippen molar-refractivity contribution in [1.82, 2.24) is 4.90 Å². The summed E-state index contributed by atoms with van der Waals surface area (Å²) >= 11 is 0. The van der Waals surface area contributed by atoms with Gasteiger partial charge in [-0.1, -0.05) is 17.7 Å². The van der Waals surface area contributed by atoms with E-state index in [0.29, 0.717) is 6.54 Å². The zero-order chi connectivity index (χ0) is 14.8. The average Bonchev–Trinajstić information content (AvgIpc) is 3.34. The van der Waals surface area contributed by atoms with Crippen LogP contribution in [0.1, 0.15) is 31.2 Å². The fourth-order valence-corrected chi connectivity index (χ4v) is 2.86. The lowest BCUT2D eigenvalue weighted by Crippen LogP contribution is -2.44. The summed E-state index contributed by atoms with van der Waals surface area (Å²) in [4.78, 5) is 26.4. The number of nitrogens with one attached hydrogen (secondary N) is 1. The van der Waals surface area contributed by atoms with E-state index in [9.17, 15) is 9.59 Å². The van der Waals surface area contributed by atoms with Crippen LogP contribution in [0.5, 0.6) is 0 Å². The largest absolute Gasteiger partial charge is 0.342 e. The Morgan fingerprint density at radius 3 is 2.48 bits per heavy atom. The van der Waals surface area contributed by atoms with E-state index in [0.717, 1.165) is 37.9 Å². The van der Waals surface area contributed by atoms with E-state index in [1.165, 1.54) is 5.56 Å². The number of hydrogen-bond acceptors (Lipinski definition) is 2. The topological polar surface area (TPSA) is 49.4 Å². The molecular formula is C17H22N2O2. The highest BCUT2D eigenvalue weighted by molar-refractivity contribution is 5.93. The molecule has 1 aliphatic carbocycles. The quantitative estimate of drug-likeness (QED) is 0.928. The molecule has 1 aromatic rings. The molecule has 4 nitrogen and oxygen atoms in total. The van der Waals surface area contributed by atoms with Crippen molar-refractivity contribution in [2.24, 2.45) is 11.8 Å². The Kier molecular flexibility index (Phi) is 3.95. The van der Waals surface area contributed by atoms with Gasteiger partial charge in [0.25, 0.3) is 0 Å². The number of hydrogen-bond donors (Lipinski definition) is 1. The van der Waals surface area contributed by atoms with Crippen LogP contribution >= 0.6 is 0 Å². The molecule has 0 spiro atoms. The van der Waals surface area contributed by atoms with E-state index in [-0.39, 0.29) is 23.7 Å². The van der Waals surface area contributed by atoms with E-state index < -0.39 is 0 Å². The second kappa shape index (κ2) is 5.88. The molecule has 2 aliphatic rings. The van der Waals surface area contributed by atoms with Gasteiger partial charge in [-0.2, -0.15) is 0 Å². The Hall–Kier alpha value is -1.84. The SMILES string of the molecule is Cc1ccc(NC(=O)[C@H]2CCCN(C(=O)C3CC3)C2)cc1. The zero-order valence-corrected chi connectivity index (χ0v) is 12.5. The molecule has 0 aromatic heterocycles. The van der Waals surface area contributed by atoms with Gasteiger partial charge in [-0.15, -0.1) is 0 Å². The summed E-state index contributed by atoms with van der Waals surface area (Å²) in [6, 6.07) is 7.81. The predicted molar refractivity (Wildman–Crippen MR) is 81.8 cm³/mol. The van der Waals surface area contributed by atoms with Crippen molar-refractivity contribution in [3.63, 3.8) is 0 Å². The zero-order valence-electron chi connectivity index (χ0n) is 12.5. The number of benzene rings is 1. The first-order valence-electron chi connectivity index (χ1n) is 7.80. The molecular weight excluding hydrogens is 264 g/mol. The number of carbonyl (C=O) groups excluding carboxylic acids is 2. The number of likely N-dealkylation sites (tertiary alicyclic amines) is 1. The summed E-state index contributed by atoms with van der Waals surface area (Å²) in [7, 11) is 0. The Labute approximate surface area is 125 Å². The van der Waals surface area contributed by atoms with E-state index in [1.807, 2.05) is 36.1 Å². The second-order valence-corrected chi connectivity index (χ2v) is 6.25. The van der Waals surface area contributed by atoms with Crippen molar-refractivity contribution in [2.75, 3.05) is 18.4 Å². The highest BCUT2D eigenvalue weighted by atomic mass is 16.2. The van der Waals surface area contributed by atoms with Crippen LogP contribution in [0.15, 0.2) is 24.3 Å². The molecule has 1 saturated heterocycles. The molecule has 112 valence electrons.